The van der Waals surface area contributed by atoms with Crippen LogP contribution in [0, 0.1) is 18.7 Å². The van der Waals surface area contributed by atoms with E-state index in [2.05, 4.69) is 10.6 Å². The van der Waals surface area contributed by atoms with Gasteiger partial charge in [0.2, 0.25) is 0 Å². The molecule has 26 heavy (non-hydrogen) atoms. The van der Waals surface area contributed by atoms with Gasteiger partial charge in [0.25, 0.3) is 11.8 Å². The minimum Gasteiger partial charge on any atom is -0.350 e. The highest BCUT2D eigenvalue weighted by Crippen LogP contribution is 2.31. The zero-order chi connectivity index (χ0) is 18.7. The summed E-state index contributed by atoms with van der Waals surface area (Å²) in [5.74, 6) is -0.892. The number of nitrogens with one attached hydrogen (secondary N) is 2. The lowest BCUT2D eigenvalue weighted by atomic mass is 10.1. The van der Waals surface area contributed by atoms with Crippen molar-refractivity contribution < 1.29 is 14.0 Å². The first-order valence-electron chi connectivity index (χ1n) is 8.66. The lowest BCUT2D eigenvalue weighted by Crippen LogP contribution is -2.38. The summed E-state index contributed by atoms with van der Waals surface area (Å²) in [4.78, 5) is 24.6. The first kappa shape index (κ1) is 18.1. The van der Waals surface area contributed by atoms with Crippen LogP contribution in [0.2, 0.25) is 0 Å². The van der Waals surface area contributed by atoms with Gasteiger partial charge in [-0.15, -0.1) is 0 Å². The highest BCUT2D eigenvalue weighted by atomic mass is 19.1. The fourth-order valence-electron chi connectivity index (χ4n) is 2.74. The first-order valence-corrected chi connectivity index (χ1v) is 8.66. The van der Waals surface area contributed by atoms with Crippen molar-refractivity contribution in [3.05, 3.63) is 65.0 Å². The van der Waals surface area contributed by atoms with Crippen molar-refractivity contribution in [3.8, 4) is 0 Å². The topological polar surface area (TPSA) is 84.2 Å². The molecule has 1 unspecified atom stereocenters. The number of hydrogen-bond donors (Lipinski definition) is 3. The van der Waals surface area contributed by atoms with Gasteiger partial charge in [0.15, 0.2) is 0 Å². The second-order valence-electron chi connectivity index (χ2n) is 6.67. The van der Waals surface area contributed by atoms with Crippen molar-refractivity contribution in [1.82, 2.24) is 5.32 Å². The lowest BCUT2D eigenvalue weighted by Gasteiger charge is -2.13. The maximum absolute atomic E-state index is 13.8. The molecule has 0 heterocycles. The van der Waals surface area contributed by atoms with Crippen LogP contribution in [-0.2, 0) is 0 Å². The third-order valence-electron chi connectivity index (χ3n) is 4.59. The molecule has 136 valence electrons. The number of halogens is 1. The maximum atomic E-state index is 13.8. The van der Waals surface area contributed by atoms with Crippen molar-refractivity contribution in [1.29, 1.82) is 0 Å². The van der Waals surface area contributed by atoms with Crippen LogP contribution < -0.4 is 16.4 Å². The van der Waals surface area contributed by atoms with Crippen molar-refractivity contribution in [2.75, 3.05) is 11.9 Å². The number of rotatable bonds is 6. The average Bonchev–Trinajstić information content (AvgIpc) is 3.46. The Morgan fingerprint density at radius 3 is 2.62 bits per heavy atom. The normalized spacial score (nSPS) is 14.6. The van der Waals surface area contributed by atoms with Crippen molar-refractivity contribution >= 4 is 17.5 Å². The summed E-state index contributed by atoms with van der Waals surface area (Å²) in [6.45, 7) is 2.23. The number of amides is 2. The van der Waals surface area contributed by atoms with Crippen LogP contribution >= 0.6 is 0 Å². The monoisotopic (exact) mass is 355 g/mol. The highest BCUT2D eigenvalue weighted by molar-refractivity contribution is 6.05. The van der Waals surface area contributed by atoms with E-state index < -0.39 is 11.7 Å². The lowest BCUT2D eigenvalue weighted by molar-refractivity contribution is 0.0948. The van der Waals surface area contributed by atoms with Crippen molar-refractivity contribution in [3.63, 3.8) is 0 Å². The molecule has 0 saturated heterocycles. The van der Waals surface area contributed by atoms with Gasteiger partial charge in [0, 0.05) is 23.8 Å². The fraction of sp³-hybridized carbons (Fsp3) is 0.300. The van der Waals surface area contributed by atoms with E-state index in [0.717, 1.165) is 18.4 Å². The van der Waals surface area contributed by atoms with E-state index in [4.69, 9.17) is 5.73 Å². The van der Waals surface area contributed by atoms with Crippen LogP contribution in [0.5, 0.6) is 0 Å². The second kappa shape index (κ2) is 7.66. The molecule has 4 N–H and O–H groups in total. The Morgan fingerprint density at radius 2 is 1.92 bits per heavy atom. The molecule has 2 aromatic rings. The smallest absolute Gasteiger partial charge is 0.258 e. The molecule has 1 aliphatic carbocycles. The molecule has 1 atom stereocenters. The number of aryl methyl sites for hydroxylation is 1. The van der Waals surface area contributed by atoms with Crippen LogP contribution in [0.15, 0.2) is 42.5 Å². The summed E-state index contributed by atoms with van der Waals surface area (Å²) in [5, 5.41) is 5.50. The van der Waals surface area contributed by atoms with E-state index in [0.29, 0.717) is 23.7 Å². The molecular weight excluding hydrogens is 333 g/mol. The zero-order valence-electron chi connectivity index (χ0n) is 14.6. The standard InChI is InChI=1S/C20H22FN3O2/c1-12-6-7-14(19(25)23-11-17(22)13-8-9-13)10-18(12)24-20(26)15-4-2-3-5-16(15)21/h2-7,10,13,17H,8-9,11,22H2,1H3,(H,23,25)(H,24,26). The van der Waals surface area contributed by atoms with Crippen LogP contribution in [0.25, 0.3) is 0 Å². The average molecular weight is 355 g/mol. The molecule has 2 amide bonds. The summed E-state index contributed by atoms with van der Waals surface area (Å²) < 4.78 is 13.8. The Hall–Kier alpha value is -2.73. The Labute approximate surface area is 151 Å². The summed E-state index contributed by atoms with van der Waals surface area (Å²) >= 11 is 0. The molecule has 3 rings (SSSR count). The SMILES string of the molecule is Cc1ccc(C(=O)NCC(N)C2CC2)cc1NC(=O)c1ccccc1F. The number of hydrogen-bond acceptors (Lipinski definition) is 3. The molecular formula is C20H22FN3O2. The Morgan fingerprint density at radius 1 is 1.19 bits per heavy atom. The van der Waals surface area contributed by atoms with Gasteiger partial charge in [-0.2, -0.15) is 0 Å². The Bertz CT molecular complexity index is 834. The largest absolute Gasteiger partial charge is 0.350 e. The van der Waals surface area contributed by atoms with E-state index in [-0.39, 0.29) is 17.5 Å². The summed E-state index contributed by atoms with van der Waals surface area (Å²) in [7, 11) is 0. The molecule has 0 aliphatic heterocycles. The third-order valence-corrected chi connectivity index (χ3v) is 4.59. The molecule has 5 nitrogen and oxygen atoms in total. The van der Waals surface area contributed by atoms with Crippen molar-refractivity contribution in [2.45, 2.75) is 25.8 Å². The van der Waals surface area contributed by atoms with Gasteiger partial charge >= 0.3 is 0 Å². The molecule has 1 aliphatic rings. The minimum absolute atomic E-state index is 0.0235. The number of carbonyl (C=O) groups excluding carboxylic acids is 2. The zero-order valence-corrected chi connectivity index (χ0v) is 14.6. The van der Waals surface area contributed by atoms with E-state index in [1.165, 1.54) is 18.2 Å². The van der Waals surface area contributed by atoms with Gasteiger partial charge in [-0.1, -0.05) is 18.2 Å². The molecule has 1 fully saturated rings. The molecule has 0 aromatic heterocycles. The summed E-state index contributed by atoms with van der Waals surface area (Å²) in [6.07, 6.45) is 2.24. The molecule has 6 heteroatoms. The van der Waals surface area contributed by atoms with E-state index in [1.807, 2.05) is 6.92 Å². The molecule has 1 saturated carbocycles. The highest BCUT2D eigenvalue weighted by Gasteiger charge is 2.28. The summed E-state index contributed by atoms with van der Waals surface area (Å²) in [6, 6.07) is 10.8. The molecule has 2 aromatic carbocycles. The van der Waals surface area contributed by atoms with E-state index in [9.17, 15) is 14.0 Å². The van der Waals surface area contributed by atoms with Crippen LogP contribution in [0.3, 0.4) is 0 Å². The van der Waals surface area contributed by atoms with Crippen LogP contribution in [0.1, 0.15) is 39.1 Å². The molecule has 0 bridgehead atoms. The minimum atomic E-state index is -0.592. The number of carbonyl (C=O) groups is 2. The van der Waals surface area contributed by atoms with Gasteiger partial charge in [-0.25, -0.2) is 4.39 Å². The van der Waals surface area contributed by atoms with Gasteiger partial charge in [-0.05, 0) is 55.5 Å². The number of anilines is 1. The van der Waals surface area contributed by atoms with Gasteiger partial charge < -0.3 is 16.4 Å². The third kappa shape index (κ3) is 4.26. The van der Waals surface area contributed by atoms with Gasteiger partial charge in [0.05, 0.1) is 5.56 Å². The predicted molar refractivity (Wildman–Crippen MR) is 98.6 cm³/mol. The first-order chi connectivity index (χ1) is 12.5. The van der Waals surface area contributed by atoms with E-state index in [1.54, 1.807) is 24.3 Å². The Kier molecular flexibility index (Phi) is 5.32. The van der Waals surface area contributed by atoms with Crippen molar-refractivity contribution in [2.24, 2.45) is 11.7 Å². The predicted octanol–water partition coefficient (Wildman–Crippen LogP) is 2.85. The quantitative estimate of drug-likeness (QED) is 0.745. The number of benzene rings is 2. The molecule has 0 spiro atoms. The van der Waals surface area contributed by atoms with E-state index >= 15 is 0 Å². The van der Waals surface area contributed by atoms with Gasteiger partial charge in [0.1, 0.15) is 5.82 Å². The van der Waals surface area contributed by atoms with Crippen LogP contribution in [-0.4, -0.2) is 24.4 Å². The number of nitrogens with two attached hydrogens (primary N) is 1. The van der Waals surface area contributed by atoms with Crippen LogP contribution in [0.4, 0.5) is 10.1 Å². The summed E-state index contributed by atoms with van der Waals surface area (Å²) in [5.41, 5.74) is 7.62. The van der Waals surface area contributed by atoms with Gasteiger partial charge in [-0.3, -0.25) is 9.59 Å². The fourth-order valence-corrected chi connectivity index (χ4v) is 2.74. The molecule has 0 radical (unpaired) electrons. The maximum Gasteiger partial charge on any atom is 0.258 e. The Balaban J connectivity index is 1.69. The second-order valence-corrected chi connectivity index (χ2v) is 6.67.